The zero-order chi connectivity index (χ0) is 17.8. The van der Waals surface area contributed by atoms with Crippen LogP contribution in [-0.4, -0.2) is 28.2 Å². The molecule has 3 saturated carbocycles. The van der Waals surface area contributed by atoms with Gasteiger partial charge in [-0.1, -0.05) is 24.6 Å². The maximum Gasteiger partial charge on any atom is 0.186 e. The Morgan fingerprint density at radius 1 is 1.20 bits per heavy atom. The van der Waals surface area contributed by atoms with Gasteiger partial charge in [0.25, 0.3) is 0 Å². The fourth-order valence-electron chi connectivity index (χ4n) is 6.92. The molecule has 0 amide bonds. The molecule has 1 unspecified atom stereocenters. The van der Waals surface area contributed by atoms with Crippen molar-refractivity contribution in [2.24, 2.45) is 35.0 Å². The molecule has 0 bridgehead atoms. The highest BCUT2D eigenvalue weighted by atomic mass is 16.3. The van der Waals surface area contributed by atoms with Gasteiger partial charge in [-0.2, -0.15) is 0 Å². The molecule has 0 spiro atoms. The van der Waals surface area contributed by atoms with Crippen molar-refractivity contribution >= 4 is 5.78 Å². The number of aliphatic hydroxyl groups is 2. The quantitative estimate of drug-likeness (QED) is 0.752. The Bertz CT molecular complexity index is 617. The molecular formula is C22H32O3. The lowest BCUT2D eigenvalue weighted by Gasteiger charge is -2.54. The summed E-state index contributed by atoms with van der Waals surface area (Å²) in [6.07, 6.45) is 13.8. The van der Waals surface area contributed by atoms with Gasteiger partial charge in [0.2, 0.25) is 0 Å². The molecule has 0 aromatic rings. The van der Waals surface area contributed by atoms with Gasteiger partial charge in [-0.3, -0.25) is 4.79 Å². The first kappa shape index (κ1) is 17.5. The van der Waals surface area contributed by atoms with Crippen molar-refractivity contribution in [3.63, 3.8) is 0 Å². The van der Waals surface area contributed by atoms with Crippen LogP contribution in [0.5, 0.6) is 0 Å². The number of allylic oxidation sites excluding steroid dienone is 2. The minimum Gasteiger partial charge on any atom is -0.392 e. The van der Waals surface area contributed by atoms with E-state index in [1.54, 1.807) is 13.0 Å². The molecule has 0 saturated heterocycles. The van der Waals surface area contributed by atoms with Crippen LogP contribution in [0.15, 0.2) is 23.8 Å². The number of hydrogen-bond donors (Lipinski definition) is 2. The maximum atomic E-state index is 12.2. The summed E-state index contributed by atoms with van der Waals surface area (Å²) in [5.74, 6) is 3.04. The lowest BCUT2D eigenvalue weighted by Crippen LogP contribution is -2.50. The van der Waals surface area contributed by atoms with Crippen LogP contribution >= 0.6 is 0 Å². The van der Waals surface area contributed by atoms with Gasteiger partial charge in [-0.15, -0.1) is 0 Å². The minimum absolute atomic E-state index is 0.0899. The van der Waals surface area contributed by atoms with Gasteiger partial charge in [0.15, 0.2) is 5.78 Å². The topological polar surface area (TPSA) is 57.5 Å². The smallest absolute Gasteiger partial charge is 0.186 e. The van der Waals surface area contributed by atoms with Gasteiger partial charge in [0, 0.05) is 0 Å². The molecule has 7 atom stereocenters. The van der Waals surface area contributed by atoms with E-state index < -0.39 is 5.60 Å². The van der Waals surface area contributed by atoms with E-state index >= 15 is 0 Å². The van der Waals surface area contributed by atoms with Crippen LogP contribution in [0.1, 0.15) is 58.8 Å². The molecule has 3 fully saturated rings. The van der Waals surface area contributed by atoms with E-state index in [0.717, 1.165) is 18.3 Å². The van der Waals surface area contributed by atoms with Crippen LogP contribution < -0.4 is 0 Å². The van der Waals surface area contributed by atoms with E-state index in [1.165, 1.54) is 37.7 Å². The van der Waals surface area contributed by atoms with Crippen molar-refractivity contribution in [2.75, 3.05) is 6.61 Å². The Kier molecular flexibility index (Phi) is 4.24. The highest BCUT2D eigenvalue weighted by Crippen LogP contribution is 2.64. The summed E-state index contributed by atoms with van der Waals surface area (Å²) >= 11 is 0. The first-order chi connectivity index (χ1) is 11.9. The van der Waals surface area contributed by atoms with E-state index in [-0.39, 0.29) is 12.4 Å². The van der Waals surface area contributed by atoms with E-state index in [1.807, 2.05) is 6.08 Å². The summed E-state index contributed by atoms with van der Waals surface area (Å²) in [5.41, 5.74) is 0.510. The van der Waals surface area contributed by atoms with Crippen LogP contribution in [0.4, 0.5) is 0 Å². The molecule has 0 aromatic heterocycles. The number of ketones is 1. The summed E-state index contributed by atoms with van der Waals surface area (Å²) in [5, 5.41) is 19.7. The Hall–Kier alpha value is -0.930. The molecule has 0 heterocycles. The normalized spacial score (nSPS) is 49.5. The second kappa shape index (κ2) is 6.06. The lowest BCUT2D eigenvalue weighted by molar-refractivity contribution is -0.135. The lowest BCUT2D eigenvalue weighted by atomic mass is 9.50. The van der Waals surface area contributed by atoms with Crippen molar-refractivity contribution in [3.8, 4) is 0 Å². The van der Waals surface area contributed by atoms with Gasteiger partial charge in [-0.25, -0.2) is 0 Å². The molecule has 0 aliphatic heterocycles. The Morgan fingerprint density at radius 2 is 2.00 bits per heavy atom. The van der Waals surface area contributed by atoms with Crippen LogP contribution in [-0.2, 0) is 4.79 Å². The number of fused-ring (bicyclic) bond motifs is 5. The van der Waals surface area contributed by atoms with E-state index in [9.17, 15) is 9.90 Å². The number of carbonyl (C=O) groups excluding carboxylic acids is 1. The molecule has 0 radical (unpaired) electrons. The maximum absolute atomic E-state index is 12.2. The summed E-state index contributed by atoms with van der Waals surface area (Å²) in [6, 6.07) is 0. The van der Waals surface area contributed by atoms with Gasteiger partial charge in [0.1, 0.15) is 5.60 Å². The standard InChI is InChI=1S/C22H32O3/c1-21-10-9-16-17(19(21)8-6-15(21)4-3-11-23)7-5-14-12-20(24)22(2,25)13-18(14)16/h3-4,12,15-19,23,25H,5-11,13H2,1-2H3/t15-,16+,17-,18+,19+,21-,22?/m1/s1. The third-order valence-corrected chi connectivity index (χ3v) is 8.26. The number of aliphatic hydroxyl groups excluding tert-OH is 1. The first-order valence-electron chi connectivity index (χ1n) is 10.1. The van der Waals surface area contributed by atoms with Crippen molar-refractivity contribution in [1.82, 2.24) is 0 Å². The minimum atomic E-state index is -1.17. The van der Waals surface area contributed by atoms with Gasteiger partial charge in [-0.05, 0) is 93.0 Å². The zero-order valence-corrected chi connectivity index (χ0v) is 15.6. The first-order valence-corrected chi connectivity index (χ1v) is 10.1. The van der Waals surface area contributed by atoms with Crippen molar-refractivity contribution in [3.05, 3.63) is 23.8 Å². The molecule has 4 aliphatic carbocycles. The fourth-order valence-corrected chi connectivity index (χ4v) is 6.92. The highest BCUT2D eigenvalue weighted by molar-refractivity contribution is 5.98. The largest absolute Gasteiger partial charge is 0.392 e. The number of carbonyl (C=O) groups is 1. The zero-order valence-electron chi connectivity index (χ0n) is 15.6. The van der Waals surface area contributed by atoms with Crippen LogP contribution in [0.25, 0.3) is 0 Å². The van der Waals surface area contributed by atoms with Crippen LogP contribution in [0, 0.1) is 35.0 Å². The molecule has 0 aromatic carbocycles. The average Bonchev–Trinajstić information content (AvgIpc) is 2.90. The molecular weight excluding hydrogens is 312 g/mol. The van der Waals surface area contributed by atoms with E-state index in [0.29, 0.717) is 29.6 Å². The molecule has 4 aliphatic rings. The number of rotatable bonds is 2. The van der Waals surface area contributed by atoms with E-state index in [4.69, 9.17) is 5.11 Å². The number of hydrogen-bond acceptors (Lipinski definition) is 3. The summed E-state index contributed by atoms with van der Waals surface area (Å²) in [6.45, 7) is 4.31. The van der Waals surface area contributed by atoms with Crippen LogP contribution in [0.2, 0.25) is 0 Å². The van der Waals surface area contributed by atoms with Gasteiger partial charge in [0.05, 0.1) is 6.61 Å². The second-order valence-electron chi connectivity index (χ2n) is 9.48. The highest BCUT2D eigenvalue weighted by Gasteiger charge is 2.56. The SMILES string of the molecule is CC1(O)C[C@H]2C(=CC1=O)CC[C@@H]1[C@@H]2CC[C@]2(C)[C@H](C=CCO)CC[C@@H]12. The Labute approximate surface area is 151 Å². The molecule has 2 N–H and O–H groups in total. The monoisotopic (exact) mass is 344 g/mol. The molecule has 138 valence electrons. The Balaban J connectivity index is 1.59. The molecule has 3 heteroatoms. The molecule has 4 rings (SSSR count). The van der Waals surface area contributed by atoms with Gasteiger partial charge < -0.3 is 10.2 Å². The summed E-state index contributed by atoms with van der Waals surface area (Å²) < 4.78 is 0. The van der Waals surface area contributed by atoms with E-state index in [2.05, 4.69) is 13.0 Å². The summed E-state index contributed by atoms with van der Waals surface area (Å²) in [4.78, 5) is 12.2. The second-order valence-corrected chi connectivity index (χ2v) is 9.48. The Morgan fingerprint density at radius 3 is 2.76 bits per heavy atom. The predicted molar refractivity (Wildman–Crippen MR) is 97.8 cm³/mol. The molecule has 3 nitrogen and oxygen atoms in total. The van der Waals surface area contributed by atoms with Crippen molar-refractivity contribution in [2.45, 2.75) is 64.4 Å². The third kappa shape index (κ3) is 2.66. The molecule has 25 heavy (non-hydrogen) atoms. The fraction of sp³-hybridized carbons (Fsp3) is 0.773. The summed E-state index contributed by atoms with van der Waals surface area (Å²) in [7, 11) is 0. The predicted octanol–water partition coefficient (Wildman–Crippen LogP) is 3.65. The van der Waals surface area contributed by atoms with Crippen molar-refractivity contribution in [1.29, 1.82) is 0 Å². The average molecular weight is 344 g/mol. The van der Waals surface area contributed by atoms with Gasteiger partial charge >= 0.3 is 0 Å². The van der Waals surface area contributed by atoms with Crippen molar-refractivity contribution < 1.29 is 15.0 Å². The van der Waals surface area contributed by atoms with Crippen LogP contribution in [0.3, 0.4) is 0 Å². The third-order valence-electron chi connectivity index (χ3n) is 8.26.